The fraction of sp³-hybridized carbons (Fsp3) is 0.688. The maximum absolute atomic E-state index is 6.29. The zero-order valence-electron chi connectivity index (χ0n) is 14.2. The lowest BCUT2D eigenvalue weighted by Gasteiger charge is -2.32. The molecule has 22 heavy (non-hydrogen) atoms. The van der Waals surface area contributed by atoms with Gasteiger partial charge in [-0.3, -0.25) is 0 Å². The summed E-state index contributed by atoms with van der Waals surface area (Å²) in [6.07, 6.45) is 3.15. The topological polar surface area (TPSA) is 31.4 Å². The van der Waals surface area contributed by atoms with E-state index in [-0.39, 0.29) is 11.2 Å². The normalized spacial score (nSPS) is 19.7. The van der Waals surface area contributed by atoms with Gasteiger partial charge in [0.25, 0.3) is 0 Å². The molecule has 6 heteroatoms. The molecule has 0 atom stereocenters. The Hall–Kier alpha value is -0.0951. The van der Waals surface area contributed by atoms with Crippen molar-refractivity contribution in [2.45, 2.75) is 72.0 Å². The van der Waals surface area contributed by atoms with E-state index in [1.165, 1.54) is 0 Å². The SMILES string of the molecule is CCCCc1c(Br)nc(Cl)c(C)c1B1OC(C)(C)C(C)(C)O1. The predicted octanol–water partition coefficient (Wildman–Crippen LogP) is 4.45. The highest BCUT2D eigenvalue weighted by Gasteiger charge is 2.52. The second-order valence-corrected chi connectivity index (χ2v) is 8.01. The Morgan fingerprint density at radius 2 is 1.73 bits per heavy atom. The predicted molar refractivity (Wildman–Crippen MR) is 96.0 cm³/mol. The van der Waals surface area contributed by atoms with Crippen molar-refractivity contribution in [1.82, 2.24) is 4.98 Å². The molecule has 0 amide bonds. The molecule has 2 rings (SSSR count). The van der Waals surface area contributed by atoms with E-state index < -0.39 is 7.12 Å². The Balaban J connectivity index is 2.50. The summed E-state index contributed by atoms with van der Waals surface area (Å²) in [4.78, 5) is 4.40. The van der Waals surface area contributed by atoms with Gasteiger partial charge < -0.3 is 9.31 Å². The maximum atomic E-state index is 6.29. The number of rotatable bonds is 4. The largest absolute Gasteiger partial charge is 0.495 e. The Morgan fingerprint density at radius 3 is 2.23 bits per heavy atom. The molecular weight excluding hydrogens is 364 g/mol. The van der Waals surface area contributed by atoms with Crippen LogP contribution in [0.2, 0.25) is 5.15 Å². The van der Waals surface area contributed by atoms with E-state index in [4.69, 9.17) is 20.9 Å². The third kappa shape index (κ3) is 3.23. The molecular formula is C16H24BBrClNO2. The van der Waals surface area contributed by atoms with Crippen LogP contribution in [-0.2, 0) is 15.7 Å². The molecule has 0 aromatic carbocycles. The van der Waals surface area contributed by atoms with E-state index in [0.29, 0.717) is 5.15 Å². The smallest absolute Gasteiger partial charge is 0.399 e. The van der Waals surface area contributed by atoms with Gasteiger partial charge in [0.2, 0.25) is 0 Å². The summed E-state index contributed by atoms with van der Waals surface area (Å²) in [6, 6.07) is 0. The Bertz CT molecular complexity index is 562. The highest BCUT2D eigenvalue weighted by Crippen LogP contribution is 2.37. The lowest BCUT2D eigenvalue weighted by Crippen LogP contribution is -2.41. The van der Waals surface area contributed by atoms with Gasteiger partial charge in [0.15, 0.2) is 0 Å². The highest BCUT2D eigenvalue weighted by molar-refractivity contribution is 9.10. The number of aromatic nitrogens is 1. The molecule has 0 bridgehead atoms. The van der Waals surface area contributed by atoms with Crippen LogP contribution in [0.15, 0.2) is 4.60 Å². The standard InChI is InChI=1S/C16H24BBrClNO2/c1-7-8-9-11-12(10(2)14(19)20-13(11)18)17-21-15(3,4)16(5,6)22-17/h7-9H2,1-6H3. The summed E-state index contributed by atoms with van der Waals surface area (Å²) in [5.74, 6) is 0. The van der Waals surface area contributed by atoms with Crippen LogP contribution >= 0.6 is 27.5 Å². The molecule has 2 heterocycles. The van der Waals surface area contributed by atoms with E-state index in [9.17, 15) is 0 Å². The van der Waals surface area contributed by atoms with Gasteiger partial charge in [-0.25, -0.2) is 4.98 Å². The Morgan fingerprint density at radius 1 is 1.18 bits per heavy atom. The third-order valence-corrected chi connectivity index (χ3v) is 5.78. The van der Waals surface area contributed by atoms with E-state index in [1.54, 1.807) is 0 Å². The average Bonchev–Trinajstić information content (AvgIpc) is 2.60. The van der Waals surface area contributed by atoms with Crippen LogP contribution in [0.1, 0.15) is 58.6 Å². The molecule has 1 aromatic rings. The summed E-state index contributed by atoms with van der Waals surface area (Å²) in [5, 5.41) is 0.497. The molecule has 0 N–H and O–H groups in total. The number of hydrogen-bond acceptors (Lipinski definition) is 3. The van der Waals surface area contributed by atoms with Crippen LogP contribution in [0.3, 0.4) is 0 Å². The molecule has 122 valence electrons. The van der Waals surface area contributed by atoms with Gasteiger partial charge in [0.1, 0.15) is 9.76 Å². The number of halogens is 2. The molecule has 1 saturated heterocycles. The first-order valence-electron chi connectivity index (χ1n) is 7.80. The first-order valence-corrected chi connectivity index (χ1v) is 8.98. The van der Waals surface area contributed by atoms with Crippen LogP contribution in [0.5, 0.6) is 0 Å². The van der Waals surface area contributed by atoms with Crippen LogP contribution in [-0.4, -0.2) is 23.3 Å². The highest BCUT2D eigenvalue weighted by atomic mass is 79.9. The minimum absolute atomic E-state index is 0.367. The van der Waals surface area contributed by atoms with Gasteiger partial charge in [-0.2, -0.15) is 0 Å². The monoisotopic (exact) mass is 387 g/mol. The van der Waals surface area contributed by atoms with Crippen molar-refractivity contribution in [3.05, 3.63) is 20.9 Å². The van der Waals surface area contributed by atoms with Crippen molar-refractivity contribution in [2.24, 2.45) is 0 Å². The van der Waals surface area contributed by atoms with Crippen LogP contribution in [0, 0.1) is 6.92 Å². The molecule has 0 aliphatic carbocycles. The van der Waals surface area contributed by atoms with Crippen molar-refractivity contribution >= 4 is 40.1 Å². The minimum atomic E-state index is -0.409. The number of pyridine rings is 1. The van der Waals surface area contributed by atoms with Gasteiger partial charge in [0.05, 0.1) is 11.2 Å². The molecule has 1 aliphatic rings. The van der Waals surface area contributed by atoms with Gasteiger partial charge >= 0.3 is 7.12 Å². The van der Waals surface area contributed by atoms with Crippen molar-refractivity contribution in [3.63, 3.8) is 0 Å². The molecule has 1 aromatic heterocycles. The summed E-state index contributed by atoms with van der Waals surface area (Å²) in [5.41, 5.74) is 2.37. The minimum Gasteiger partial charge on any atom is -0.399 e. The molecule has 0 saturated carbocycles. The molecule has 3 nitrogen and oxygen atoms in total. The van der Waals surface area contributed by atoms with Crippen LogP contribution < -0.4 is 5.46 Å². The molecule has 0 radical (unpaired) electrons. The zero-order valence-corrected chi connectivity index (χ0v) is 16.6. The van der Waals surface area contributed by atoms with Crippen molar-refractivity contribution in [3.8, 4) is 0 Å². The van der Waals surface area contributed by atoms with Gasteiger partial charge in [-0.1, -0.05) is 24.9 Å². The van der Waals surface area contributed by atoms with E-state index in [2.05, 4.69) is 55.5 Å². The fourth-order valence-electron chi connectivity index (χ4n) is 2.56. The van der Waals surface area contributed by atoms with Crippen molar-refractivity contribution in [1.29, 1.82) is 0 Å². The molecule has 0 unspecified atom stereocenters. The Kier molecular flexibility index (Phi) is 5.33. The summed E-state index contributed by atoms with van der Waals surface area (Å²) in [6.45, 7) is 12.4. The number of unbranched alkanes of at least 4 members (excludes halogenated alkanes) is 1. The van der Waals surface area contributed by atoms with Gasteiger partial charge in [-0.05, 0) is 80.0 Å². The summed E-state index contributed by atoms with van der Waals surface area (Å²) < 4.78 is 13.3. The summed E-state index contributed by atoms with van der Waals surface area (Å²) >= 11 is 9.85. The van der Waals surface area contributed by atoms with Crippen LogP contribution in [0.4, 0.5) is 0 Å². The van der Waals surface area contributed by atoms with Crippen molar-refractivity contribution in [2.75, 3.05) is 0 Å². The van der Waals surface area contributed by atoms with Gasteiger partial charge in [0, 0.05) is 0 Å². The van der Waals surface area contributed by atoms with Crippen LogP contribution in [0.25, 0.3) is 0 Å². The van der Waals surface area contributed by atoms with Gasteiger partial charge in [-0.15, -0.1) is 0 Å². The molecule has 0 spiro atoms. The maximum Gasteiger partial charge on any atom is 0.495 e. The molecule has 1 aliphatic heterocycles. The van der Waals surface area contributed by atoms with E-state index >= 15 is 0 Å². The van der Waals surface area contributed by atoms with E-state index in [0.717, 1.165) is 40.5 Å². The first kappa shape index (κ1) is 18.2. The first-order chi connectivity index (χ1) is 10.1. The second-order valence-electron chi connectivity index (χ2n) is 6.90. The number of hydrogen-bond donors (Lipinski definition) is 0. The zero-order chi connectivity index (χ0) is 16.7. The Labute approximate surface area is 147 Å². The summed E-state index contributed by atoms with van der Waals surface area (Å²) in [7, 11) is -0.409. The number of nitrogens with zero attached hydrogens (tertiary/aromatic N) is 1. The average molecular weight is 389 g/mol. The fourth-order valence-corrected chi connectivity index (χ4v) is 3.43. The van der Waals surface area contributed by atoms with Crippen molar-refractivity contribution < 1.29 is 9.31 Å². The molecule has 1 fully saturated rings. The third-order valence-electron chi connectivity index (χ3n) is 4.75. The lowest BCUT2D eigenvalue weighted by atomic mass is 9.73. The quantitative estimate of drug-likeness (QED) is 0.564. The second kappa shape index (κ2) is 6.42. The van der Waals surface area contributed by atoms with E-state index in [1.807, 2.05) is 6.92 Å². The lowest BCUT2D eigenvalue weighted by molar-refractivity contribution is 0.00578.